The molecule has 6 nitrogen and oxygen atoms in total. The summed E-state index contributed by atoms with van der Waals surface area (Å²) in [5.41, 5.74) is 1.34. The first-order chi connectivity index (χ1) is 11.2. The quantitative estimate of drug-likeness (QED) is 0.622. The Morgan fingerprint density at radius 1 is 1.17 bits per heavy atom. The Morgan fingerprint density at radius 2 is 2.00 bits per heavy atom. The number of carbonyl (C=O) groups is 2. The Morgan fingerprint density at radius 3 is 2.74 bits per heavy atom. The van der Waals surface area contributed by atoms with Crippen LogP contribution in [0.5, 0.6) is 5.75 Å². The maximum atomic E-state index is 11.7. The lowest BCUT2D eigenvalue weighted by molar-refractivity contribution is -0.123. The number of aryl methyl sites for hydroxylation is 1. The zero-order valence-corrected chi connectivity index (χ0v) is 12.8. The van der Waals surface area contributed by atoms with Gasteiger partial charge in [0, 0.05) is 12.4 Å². The summed E-state index contributed by atoms with van der Waals surface area (Å²) in [4.78, 5) is 27.1. The molecule has 1 aromatic carbocycles. The summed E-state index contributed by atoms with van der Waals surface area (Å²) < 4.78 is 10.4. The molecule has 23 heavy (non-hydrogen) atoms. The van der Waals surface area contributed by atoms with Crippen LogP contribution in [0.1, 0.15) is 15.9 Å². The van der Waals surface area contributed by atoms with Crippen molar-refractivity contribution in [3.8, 4) is 5.75 Å². The van der Waals surface area contributed by atoms with Gasteiger partial charge in [-0.05, 0) is 30.7 Å². The molecule has 6 heteroatoms. The number of aromatic nitrogens is 1. The monoisotopic (exact) mass is 314 g/mol. The lowest BCUT2D eigenvalue weighted by atomic mass is 10.2. The molecule has 0 atom stereocenters. The van der Waals surface area contributed by atoms with Gasteiger partial charge in [0.25, 0.3) is 5.91 Å². The molecule has 1 amide bonds. The zero-order chi connectivity index (χ0) is 16.5. The van der Waals surface area contributed by atoms with Crippen LogP contribution in [0.4, 0.5) is 0 Å². The Hall–Kier alpha value is -2.89. The van der Waals surface area contributed by atoms with Crippen molar-refractivity contribution in [2.45, 2.75) is 6.92 Å². The van der Waals surface area contributed by atoms with Gasteiger partial charge in [-0.1, -0.05) is 18.2 Å². The molecule has 2 aromatic rings. The number of hydrogen-bond donors (Lipinski definition) is 1. The summed E-state index contributed by atoms with van der Waals surface area (Å²) in [6.45, 7) is 2.14. The largest absolute Gasteiger partial charge is 0.484 e. The molecule has 2 rings (SSSR count). The van der Waals surface area contributed by atoms with E-state index in [0.29, 0.717) is 11.3 Å². The molecular formula is C17H18N2O4. The van der Waals surface area contributed by atoms with Crippen LogP contribution in [0.25, 0.3) is 0 Å². The standard InChI is InChI=1S/C17H18N2O4/c1-13-5-2-3-7-15(13)23-12-16(20)19-9-10-22-17(21)14-6-4-8-18-11-14/h2-8,11H,9-10,12H2,1H3,(H,19,20). The lowest BCUT2D eigenvalue weighted by Gasteiger charge is -2.09. The van der Waals surface area contributed by atoms with Gasteiger partial charge >= 0.3 is 5.97 Å². The SMILES string of the molecule is Cc1ccccc1OCC(=O)NCCOC(=O)c1cccnc1. The number of benzene rings is 1. The number of amides is 1. The second-order valence-corrected chi connectivity index (χ2v) is 4.78. The Balaban J connectivity index is 1.63. The number of esters is 1. The van der Waals surface area contributed by atoms with E-state index in [-0.39, 0.29) is 25.7 Å². The summed E-state index contributed by atoms with van der Waals surface area (Å²) in [6.07, 6.45) is 3.00. The molecule has 0 spiro atoms. The van der Waals surface area contributed by atoms with E-state index >= 15 is 0 Å². The number of carbonyl (C=O) groups excluding carboxylic acids is 2. The van der Waals surface area contributed by atoms with Crippen LogP contribution < -0.4 is 10.1 Å². The fourth-order valence-electron chi connectivity index (χ4n) is 1.81. The van der Waals surface area contributed by atoms with E-state index in [0.717, 1.165) is 5.56 Å². The van der Waals surface area contributed by atoms with Crippen molar-refractivity contribution in [2.75, 3.05) is 19.8 Å². The highest BCUT2D eigenvalue weighted by Crippen LogP contribution is 2.15. The number of rotatable bonds is 7. The first-order valence-electron chi connectivity index (χ1n) is 7.19. The van der Waals surface area contributed by atoms with Crippen LogP contribution in [-0.4, -0.2) is 36.6 Å². The van der Waals surface area contributed by atoms with E-state index in [2.05, 4.69) is 10.3 Å². The Kier molecular flexibility index (Phi) is 6.11. The van der Waals surface area contributed by atoms with Crippen LogP contribution in [0.15, 0.2) is 48.8 Å². The Labute approximate surface area is 134 Å². The van der Waals surface area contributed by atoms with Crippen molar-refractivity contribution < 1.29 is 19.1 Å². The van der Waals surface area contributed by atoms with Gasteiger partial charge in [0.05, 0.1) is 12.1 Å². The highest BCUT2D eigenvalue weighted by molar-refractivity contribution is 5.88. The van der Waals surface area contributed by atoms with Crippen LogP contribution in [0, 0.1) is 6.92 Å². The lowest BCUT2D eigenvalue weighted by Crippen LogP contribution is -2.32. The molecule has 1 N–H and O–H groups in total. The minimum absolute atomic E-state index is 0.0819. The average molecular weight is 314 g/mol. The van der Waals surface area contributed by atoms with Crippen molar-refractivity contribution in [1.82, 2.24) is 10.3 Å². The minimum Gasteiger partial charge on any atom is -0.484 e. The molecule has 120 valence electrons. The predicted molar refractivity (Wildman–Crippen MR) is 84.2 cm³/mol. The Bertz CT molecular complexity index is 659. The van der Waals surface area contributed by atoms with Gasteiger partial charge in [0.1, 0.15) is 12.4 Å². The number of para-hydroxylation sites is 1. The summed E-state index contributed by atoms with van der Waals surface area (Å²) in [5, 5.41) is 2.62. The summed E-state index contributed by atoms with van der Waals surface area (Å²) in [7, 11) is 0. The first kappa shape index (κ1) is 16.5. The normalized spacial score (nSPS) is 9.96. The molecule has 0 aliphatic heterocycles. The smallest absolute Gasteiger partial charge is 0.339 e. The highest BCUT2D eigenvalue weighted by Gasteiger charge is 2.07. The van der Waals surface area contributed by atoms with Gasteiger partial charge in [-0.15, -0.1) is 0 Å². The number of ether oxygens (including phenoxy) is 2. The second kappa shape index (κ2) is 8.53. The van der Waals surface area contributed by atoms with Gasteiger partial charge in [0.15, 0.2) is 6.61 Å². The van der Waals surface area contributed by atoms with E-state index in [4.69, 9.17) is 9.47 Å². The molecule has 0 bridgehead atoms. The highest BCUT2D eigenvalue weighted by atomic mass is 16.5. The third-order valence-corrected chi connectivity index (χ3v) is 3.01. The summed E-state index contributed by atoms with van der Waals surface area (Å²) in [6, 6.07) is 10.7. The molecule has 1 heterocycles. The van der Waals surface area contributed by atoms with Gasteiger partial charge in [-0.25, -0.2) is 4.79 Å². The van der Waals surface area contributed by atoms with E-state index in [1.807, 2.05) is 25.1 Å². The fourth-order valence-corrected chi connectivity index (χ4v) is 1.81. The van der Waals surface area contributed by atoms with E-state index in [9.17, 15) is 9.59 Å². The van der Waals surface area contributed by atoms with Gasteiger partial charge in [-0.3, -0.25) is 9.78 Å². The second-order valence-electron chi connectivity index (χ2n) is 4.78. The topological polar surface area (TPSA) is 77.5 Å². The number of hydrogen-bond acceptors (Lipinski definition) is 5. The molecule has 0 aliphatic carbocycles. The molecule has 0 saturated carbocycles. The average Bonchev–Trinajstić information content (AvgIpc) is 2.58. The van der Waals surface area contributed by atoms with E-state index in [1.54, 1.807) is 24.4 Å². The van der Waals surface area contributed by atoms with Crippen LogP contribution in [0.3, 0.4) is 0 Å². The van der Waals surface area contributed by atoms with E-state index in [1.165, 1.54) is 6.20 Å². The maximum absolute atomic E-state index is 11.7. The molecular weight excluding hydrogens is 296 g/mol. The minimum atomic E-state index is -0.469. The van der Waals surface area contributed by atoms with Crippen molar-refractivity contribution in [3.63, 3.8) is 0 Å². The summed E-state index contributed by atoms with van der Waals surface area (Å²) >= 11 is 0. The van der Waals surface area contributed by atoms with Crippen molar-refractivity contribution >= 4 is 11.9 Å². The van der Waals surface area contributed by atoms with Crippen molar-refractivity contribution in [3.05, 3.63) is 59.9 Å². The third kappa shape index (κ3) is 5.43. The molecule has 0 unspecified atom stereocenters. The molecule has 1 aromatic heterocycles. The molecule has 0 radical (unpaired) electrons. The molecule has 0 saturated heterocycles. The number of pyridine rings is 1. The zero-order valence-electron chi connectivity index (χ0n) is 12.8. The third-order valence-electron chi connectivity index (χ3n) is 3.01. The van der Waals surface area contributed by atoms with Crippen molar-refractivity contribution in [2.24, 2.45) is 0 Å². The molecule has 0 aliphatic rings. The summed E-state index contributed by atoms with van der Waals surface area (Å²) in [5.74, 6) is -0.0696. The number of nitrogens with zero attached hydrogens (tertiary/aromatic N) is 1. The van der Waals surface area contributed by atoms with Gasteiger partial charge < -0.3 is 14.8 Å². The predicted octanol–water partition coefficient (Wildman–Crippen LogP) is 1.74. The molecule has 0 fully saturated rings. The van der Waals surface area contributed by atoms with Gasteiger partial charge in [0.2, 0.25) is 0 Å². The van der Waals surface area contributed by atoms with Crippen LogP contribution >= 0.6 is 0 Å². The van der Waals surface area contributed by atoms with E-state index < -0.39 is 5.97 Å². The van der Waals surface area contributed by atoms with Crippen LogP contribution in [0.2, 0.25) is 0 Å². The number of nitrogens with one attached hydrogen (secondary N) is 1. The van der Waals surface area contributed by atoms with Crippen molar-refractivity contribution in [1.29, 1.82) is 0 Å². The fraction of sp³-hybridized carbons (Fsp3) is 0.235. The maximum Gasteiger partial charge on any atom is 0.339 e. The first-order valence-corrected chi connectivity index (χ1v) is 7.19. The van der Waals surface area contributed by atoms with Crippen LogP contribution in [-0.2, 0) is 9.53 Å². The van der Waals surface area contributed by atoms with Gasteiger partial charge in [-0.2, -0.15) is 0 Å².